The van der Waals surface area contributed by atoms with Gasteiger partial charge in [0.15, 0.2) is 0 Å². The van der Waals surface area contributed by atoms with Crippen molar-refractivity contribution < 1.29 is 0 Å². The zero-order valence-electron chi connectivity index (χ0n) is 6.50. The SMILES string of the molecule is N#CC=Cc1ccccc1CCl. The number of allylic oxidation sites excluding steroid dienone is 1. The molecule has 0 aliphatic rings. The Morgan fingerprint density at radius 3 is 2.83 bits per heavy atom. The van der Waals surface area contributed by atoms with Gasteiger partial charge in [0.2, 0.25) is 0 Å². The van der Waals surface area contributed by atoms with Crippen LogP contribution in [-0.4, -0.2) is 0 Å². The highest BCUT2D eigenvalue weighted by molar-refractivity contribution is 6.17. The Labute approximate surface area is 76.9 Å². The van der Waals surface area contributed by atoms with Crippen LogP contribution in [0.15, 0.2) is 30.3 Å². The summed E-state index contributed by atoms with van der Waals surface area (Å²) >= 11 is 5.69. The number of rotatable bonds is 2. The molecule has 0 unspecified atom stereocenters. The first-order valence-corrected chi connectivity index (χ1v) is 4.12. The minimum absolute atomic E-state index is 0.478. The largest absolute Gasteiger partial charge is 0.193 e. The van der Waals surface area contributed by atoms with Crippen molar-refractivity contribution in [2.24, 2.45) is 0 Å². The smallest absolute Gasteiger partial charge is 0.0912 e. The molecule has 0 spiro atoms. The van der Waals surface area contributed by atoms with Crippen molar-refractivity contribution in [2.75, 3.05) is 0 Å². The van der Waals surface area contributed by atoms with Crippen molar-refractivity contribution in [2.45, 2.75) is 5.88 Å². The number of halogens is 1. The van der Waals surface area contributed by atoms with E-state index >= 15 is 0 Å². The van der Waals surface area contributed by atoms with Crippen LogP contribution in [0, 0.1) is 11.3 Å². The maximum absolute atomic E-state index is 8.32. The third-order valence-corrected chi connectivity index (χ3v) is 1.82. The molecule has 0 aromatic heterocycles. The predicted octanol–water partition coefficient (Wildman–Crippen LogP) is 2.96. The quantitative estimate of drug-likeness (QED) is 0.503. The molecule has 0 N–H and O–H groups in total. The van der Waals surface area contributed by atoms with Gasteiger partial charge >= 0.3 is 0 Å². The second kappa shape index (κ2) is 4.58. The molecule has 2 heteroatoms. The third kappa shape index (κ3) is 2.11. The molecule has 0 saturated heterocycles. The number of hydrogen-bond acceptors (Lipinski definition) is 1. The molecule has 0 saturated carbocycles. The van der Waals surface area contributed by atoms with Crippen LogP contribution in [-0.2, 0) is 5.88 Å². The first-order chi connectivity index (χ1) is 5.88. The molecule has 0 radical (unpaired) electrons. The van der Waals surface area contributed by atoms with E-state index in [-0.39, 0.29) is 0 Å². The van der Waals surface area contributed by atoms with Crippen molar-refractivity contribution in [3.05, 3.63) is 41.5 Å². The predicted molar refractivity (Wildman–Crippen MR) is 50.6 cm³/mol. The van der Waals surface area contributed by atoms with Crippen LogP contribution in [0.5, 0.6) is 0 Å². The topological polar surface area (TPSA) is 23.8 Å². The van der Waals surface area contributed by atoms with Crippen LogP contribution >= 0.6 is 11.6 Å². The number of benzene rings is 1. The van der Waals surface area contributed by atoms with Gasteiger partial charge in [-0.25, -0.2) is 0 Å². The average Bonchev–Trinajstić information content (AvgIpc) is 2.15. The molecule has 0 atom stereocenters. The summed E-state index contributed by atoms with van der Waals surface area (Å²) in [4.78, 5) is 0. The van der Waals surface area contributed by atoms with E-state index in [2.05, 4.69) is 0 Å². The van der Waals surface area contributed by atoms with Crippen molar-refractivity contribution in [1.82, 2.24) is 0 Å². The average molecular weight is 178 g/mol. The Kier molecular flexibility index (Phi) is 3.37. The summed E-state index contributed by atoms with van der Waals surface area (Å²) in [7, 11) is 0. The van der Waals surface area contributed by atoms with E-state index in [9.17, 15) is 0 Å². The molecule has 0 aliphatic carbocycles. The zero-order valence-corrected chi connectivity index (χ0v) is 7.25. The second-order valence-corrected chi connectivity index (χ2v) is 2.56. The Bertz CT molecular complexity index is 323. The van der Waals surface area contributed by atoms with E-state index in [1.165, 1.54) is 6.08 Å². The van der Waals surface area contributed by atoms with Gasteiger partial charge in [0, 0.05) is 12.0 Å². The van der Waals surface area contributed by atoms with Crippen LogP contribution in [0.25, 0.3) is 6.08 Å². The Morgan fingerprint density at radius 2 is 2.17 bits per heavy atom. The van der Waals surface area contributed by atoms with E-state index in [4.69, 9.17) is 16.9 Å². The Morgan fingerprint density at radius 1 is 1.42 bits per heavy atom. The number of nitriles is 1. The van der Waals surface area contributed by atoms with Gasteiger partial charge in [-0.05, 0) is 17.2 Å². The lowest BCUT2D eigenvalue weighted by atomic mass is 10.1. The van der Waals surface area contributed by atoms with Gasteiger partial charge in [0.05, 0.1) is 6.07 Å². The van der Waals surface area contributed by atoms with Crippen LogP contribution in [0.4, 0.5) is 0 Å². The number of alkyl halides is 1. The summed E-state index contributed by atoms with van der Waals surface area (Å²) in [6.45, 7) is 0. The molecule has 1 aromatic rings. The monoisotopic (exact) mass is 177 g/mol. The minimum atomic E-state index is 0.478. The van der Waals surface area contributed by atoms with Gasteiger partial charge in [0.25, 0.3) is 0 Å². The molecular weight excluding hydrogens is 170 g/mol. The normalized spacial score (nSPS) is 10.0. The van der Waals surface area contributed by atoms with Gasteiger partial charge in [0.1, 0.15) is 0 Å². The first kappa shape index (κ1) is 8.83. The molecule has 0 aliphatic heterocycles. The number of hydrogen-bond donors (Lipinski definition) is 0. The van der Waals surface area contributed by atoms with Crippen LogP contribution in [0.3, 0.4) is 0 Å². The standard InChI is InChI=1S/C10H8ClN/c11-8-10-5-2-1-4-9(10)6-3-7-12/h1-6H,8H2. The lowest BCUT2D eigenvalue weighted by Gasteiger charge is -1.99. The summed E-state index contributed by atoms with van der Waals surface area (Å²) in [5.41, 5.74) is 2.06. The Balaban J connectivity index is 2.99. The molecule has 0 bridgehead atoms. The van der Waals surface area contributed by atoms with Gasteiger partial charge in [-0.2, -0.15) is 5.26 Å². The molecule has 1 aromatic carbocycles. The molecular formula is C10H8ClN. The molecule has 0 heterocycles. The lowest BCUT2D eigenvalue weighted by molar-refractivity contribution is 1.38. The van der Waals surface area contributed by atoms with Crippen LogP contribution in [0.1, 0.15) is 11.1 Å². The van der Waals surface area contributed by atoms with E-state index in [1.54, 1.807) is 6.08 Å². The Hall–Kier alpha value is -1.26. The highest BCUT2D eigenvalue weighted by Crippen LogP contribution is 2.12. The van der Waals surface area contributed by atoms with E-state index in [1.807, 2.05) is 30.3 Å². The maximum Gasteiger partial charge on any atom is 0.0912 e. The highest BCUT2D eigenvalue weighted by Gasteiger charge is 1.94. The van der Waals surface area contributed by atoms with Crippen molar-refractivity contribution in [3.8, 4) is 6.07 Å². The molecule has 1 nitrogen and oxygen atoms in total. The van der Waals surface area contributed by atoms with Crippen LogP contribution in [0.2, 0.25) is 0 Å². The minimum Gasteiger partial charge on any atom is -0.193 e. The molecule has 0 amide bonds. The van der Waals surface area contributed by atoms with E-state index < -0.39 is 0 Å². The van der Waals surface area contributed by atoms with Crippen LogP contribution < -0.4 is 0 Å². The summed E-state index contributed by atoms with van der Waals surface area (Å²) in [5, 5.41) is 8.32. The fourth-order valence-electron chi connectivity index (χ4n) is 0.946. The highest BCUT2D eigenvalue weighted by atomic mass is 35.5. The summed E-state index contributed by atoms with van der Waals surface area (Å²) in [6.07, 6.45) is 3.21. The summed E-state index contributed by atoms with van der Waals surface area (Å²) in [5.74, 6) is 0.478. The number of nitrogens with zero attached hydrogens (tertiary/aromatic N) is 1. The van der Waals surface area contributed by atoms with Gasteiger partial charge in [-0.15, -0.1) is 11.6 Å². The summed E-state index contributed by atoms with van der Waals surface area (Å²) < 4.78 is 0. The molecule has 12 heavy (non-hydrogen) atoms. The van der Waals surface area contributed by atoms with Gasteiger partial charge in [-0.3, -0.25) is 0 Å². The molecule has 60 valence electrons. The first-order valence-electron chi connectivity index (χ1n) is 3.58. The van der Waals surface area contributed by atoms with Gasteiger partial charge in [-0.1, -0.05) is 24.3 Å². The molecule has 0 fully saturated rings. The summed E-state index contributed by atoms with van der Waals surface area (Å²) in [6, 6.07) is 9.68. The zero-order chi connectivity index (χ0) is 8.81. The third-order valence-electron chi connectivity index (χ3n) is 1.54. The van der Waals surface area contributed by atoms with Crippen molar-refractivity contribution in [3.63, 3.8) is 0 Å². The maximum atomic E-state index is 8.32. The van der Waals surface area contributed by atoms with E-state index in [0.29, 0.717) is 5.88 Å². The fourth-order valence-corrected chi connectivity index (χ4v) is 1.19. The lowest BCUT2D eigenvalue weighted by Crippen LogP contribution is -1.82. The van der Waals surface area contributed by atoms with Gasteiger partial charge < -0.3 is 0 Å². The fraction of sp³-hybridized carbons (Fsp3) is 0.100. The van der Waals surface area contributed by atoms with Crippen molar-refractivity contribution >= 4 is 17.7 Å². The molecule has 1 rings (SSSR count). The second-order valence-electron chi connectivity index (χ2n) is 2.29. The van der Waals surface area contributed by atoms with Crippen molar-refractivity contribution in [1.29, 1.82) is 5.26 Å². The van der Waals surface area contributed by atoms with E-state index in [0.717, 1.165) is 11.1 Å².